The Morgan fingerprint density at radius 3 is 2.33 bits per heavy atom. The lowest BCUT2D eigenvalue weighted by molar-refractivity contribution is -0.141. The van der Waals surface area contributed by atoms with Gasteiger partial charge in [0.1, 0.15) is 0 Å². The van der Waals surface area contributed by atoms with E-state index in [1.165, 1.54) is 6.42 Å². The van der Waals surface area contributed by atoms with Crippen molar-refractivity contribution in [2.45, 2.75) is 44.6 Å². The van der Waals surface area contributed by atoms with Gasteiger partial charge in [0.2, 0.25) is 0 Å². The zero-order valence-corrected chi connectivity index (χ0v) is 13.7. The fourth-order valence-electron chi connectivity index (χ4n) is 2.71. The average molecular weight is 299 g/mol. The van der Waals surface area contributed by atoms with E-state index < -0.39 is 5.97 Å². The molecule has 0 aromatic carbocycles. The van der Waals surface area contributed by atoms with E-state index in [4.69, 9.17) is 5.11 Å². The van der Waals surface area contributed by atoms with Gasteiger partial charge in [0.05, 0.1) is 5.92 Å². The summed E-state index contributed by atoms with van der Waals surface area (Å²) in [7, 11) is 5.95. The number of likely N-dealkylation sites (N-methyl/N-ethyl adjacent to an activating group) is 2. The number of hydrogen-bond acceptors (Lipinski definition) is 3. The number of carboxylic acid groups (broad SMARTS) is 1. The molecule has 122 valence electrons. The Bertz CT molecular complexity index is 367. The van der Waals surface area contributed by atoms with Crippen LogP contribution in [0.5, 0.6) is 0 Å². The molecule has 0 aromatic heterocycles. The first-order valence-electron chi connectivity index (χ1n) is 7.68. The first kappa shape index (κ1) is 17.8. The lowest BCUT2D eigenvalue weighted by Gasteiger charge is -2.49. The third-order valence-electron chi connectivity index (χ3n) is 4.62. The van der Waals surface area contributed by atoms with Crippen molar-refractivity contribution >= 4 is 12.0 Å². The van der Waals surface area contributed by atoms with Gasteiger partial charge in [-0.1, -0.05) is 6.92 Å². The molecule has 0 aromatic rings. The topological polar surface area (TPSA) is 72.9 Å². The minimum absolute atomic E-state index is 0.0777. The number of nitrogens with zero attached hydrogens (tertiary/aromatic N) is 2. The fourth-order valence-corrected chi connectivity index (χ4v) is 2.71. The SMILES string of the molecule is CC(CCCNC(=O)N(C)CC1(N(C)C)CCC1)C(=O)O. The van der Waals surface area contributed by atoms with Gasteiger partial charge in [0.25, 0.3) is 0 Å². The molecule has 1 saturated carbocycles. The van der Waals surface area contributed by atoms with Crippen molar-refractivity contribution in [2.75, 3.05) is 34.2 Å². The molecule has 2 amide bonds. The van der Waals surface area contributed by atoms with Crippen LogP contribution in [0.25, 0.3) is 0 Å². The molecule has 1 aliphatic carbocycles. The maximum atomic E-state index is 12.0. The van der Waals surface area contributed by atoms with Crippen molar-refractivity contribution in [3.8, 4) is 0 Å². The lowest BCUT2D eigenvalue weighted by Crippen LogP contribution is -2.58. The van der Waals surface area contributed by atoms with Gasteiger partial charge in [-0.2, -0.15) is 0 Å². The highest BCUT2D eigenvalue weighted by Crippen LogP contribution is 2.36. The smallest absolute Gasteiger partial charge is 0.317 e. The van der Waals surface area contributed by atoms with Crippen LogP contribution in [0.15, 0.2) is 0 Å². The van der Waals surface area contributed by atoms with E-state index in [1.54, 1.807) is 11.8 Å². The number of carbonyl (C=O) groups excluding carboxylic acids is 1. The molecule has 6 nitrogen and oxygen atoms in total. The van der Waals surface area contributed by atoms with Crippen LogP contribution in [0.4, 0.5) is 4.79 Å². The summed E-state index contributed by atoms with van der Waals surface area (Å²) in [5.41, 5.74) is 0.129. The summed E-state index contributed by atoms with van der Waals surface area (Å²) in [5.74, 6) is -1.14. The molecule has 0 aliphatic heterocycles. The van der Waals surface area contributed by atoms with Gasteiger partial charge >= 0.3 is 12.0 Å². The second kappa shape index (κ2) is 7.64. The first-order valence-corrected chi connectivity index (χ1v) is 7.68. The summed E-state index contributed by atoms with van der Waals surface area (Å²) in [4.78, 5) is 26.7. The Hall–Kier alpha value is -1.30. The third kappa shape index (κ3) is 4.88. The molecule has 0 radical (unpaired) electrons. The van der Waals surface area contributed by atoms with Crippen molar-refractivity contribution in [3.63, 3.8) is 0 Å². The molecule has 0 spiro atoms. The summed E-state index contributed by atoms with van der Waals surface area (Å²) in [6, 6.07) is -0.0777. The second-order valence-electron chi connectivity index (χ2n) is 6.44. The van der Waals surface area contributed by atoms with Crippen molar-refractivity contribution in [2.24, 2.45) is 5.92 Å². The molecule has 1 rings (SSSR count). The number of amides is 2. The third-order valence-corrected chi connectivity index (χ3v) is 4.62. The first-order chi connectivity index (χ1) is 9.78. The molecule has 1 unspecified atom stereocenters. The maximum Gasteiger partial charge on any atom is 0.317 e. The molecular weight excluding hydrogens is 270 g/mol. The Kier molecular flexibility index (Phi) is 6.45. The number of aliphatic carboxylic acids is 1. The van der Waals surface area contributed by atoms with Crippen molar-refractivity contribution in [3.05, 3.63) is 0 Å². The Morgan fingerprint density at radius 2 is 1.90 bits per heavy atom. The van der Waals surface area contributed by atoms with Gasteiger partial charge in [-0.25, -0.2) is 4.79 Å². The largest absolute Gasteiger partial charge is 0.481 e. The van der Waals surface area contributed by atoms with Crippen LogP contribution in [0, 0.1) is 5.92 Å². The summed E-state index contributed by atoms with van der Waals surface area (Å²) < 4.78 is 0. The van der Waals surface area contributed by atoms with Crippen molar-refractivity contribution < 1.29 is 14.7 Å². The minimum atomic E-state index is -0.781. The van der Waals surface area contributed by atoms with Gasteiger partial charge in [-0.15, -0.1) is 0 Å². The van der Waals surface area contributed by atoms with Crippen LogP contribution in [-0.2, 0) is 4.79 Å². The summed E-state index contributed by atoms with van der Waals surface area (Å²) >= 11 is 0. The number of rotatable bonds is 8. The van der Waals surface area contributed by atoms with Crippen LogP contribution in [0.1, 0.15) is 39.0 Å². The van der Waals surface area contributed by atoms with E-state index in [0.29, 0.717) is 19.4 Å². The van der Waals surface area contributed by atoms with Crippen LogP contribution in [0.3, 0.4) is 0 Å². The van der Waals surface area contributed by atoms with Crippen LogP contribution >= 0.6 is 0 Å². The lowest BCUT2D eigenvalue weighted by atomic mass is 9.75. The van der Waals surface area contributed by atoms with Crippen molar-refractivity contribution in [1.82, 2.24) is 15.1 Å². The standard InChI is InChI=1S/C15H29N3O3/c1-12(13(19)20)7-5-10-16-14(21)18(4)11-15(17(2)3)8-6-9-15/h12H,5-11H2,1-4H3,(H,16,21)(H,19,20). The van der Waals surface area contributed by atoms with E-state index in [-0.39, 0.29) is 17.5 Å². The molecule has 0 bridgehead atoms. The van der Waals surface area contributed by atoms with Gasteiger partial charge in [0, 0.05) is 25.7 Å². The average Bonchev–Trinajstić information content (AvgIpc) is 2.37. The van der Waals surface area contributed by atoms with E-state index >= 15 is 0 Å². The molecule has 21 heavy (non-hydrogen) atoms. The Labute approximate surface area is 127 Å². The second-order valence-corrected chi connectivity index (χ2v) is 6.44. The summed E-state index contributed by atoms with van der Waals surface area (Å²) in [6.07, 6.45) is 4.76. The minimum Gasteiger partial charge on any atom is -0.481 e. The van der Waals surface area contributed by atoms with Crippen LogP contribution in [0.2, 0.25) is 0 Å². The molecular formula is C15H29N3O3. The number of carbonyl (C=O) groups is 2. The Morgan fingerprint density at radius 1 is 1.29 bits per heavy atom. The monoisotopic (exact) mass is 299 g/mol. The van der Waals surface area contributed by atoms with Gasteiger partial charge in [0.15, 0.2) is 0 Å². The van der Waals surface area contributed by atoms with Gasteiger partial charge in [-0.3, -0.25) is 4.79 Å². The maximum absolute atomic E-state index is 12.0. The predicted molar refractivity (Wildman–Crippen MR) is 82.3 cm³/mol. The van der Waals surface area contributed by atoms with Crippen LogP contribution in [-0.4, -0.2) is 66.7 Å². The van der Waals surface area contributed by atoms with E-state index in [0.717, 1.165) is 19.4 Å². The molecule has 0 heterocycles. The number of urea groups is 1. The predicted octanol–water partition coefficient (Wildman–Crippen LogP) is 1.61. The summed E-state index contributed by atoms with van der Waals surface area (Å²) in [6.45, 7) is 2.95. The Balaban J connectivity index is 2.27. The highest BCUT2D eigenvalue weighted by atomic mass is 16.4. The zero-order chi connectivity index (χ0) is 16.0. The molecule has 1 fully saturated rings. The van der Waals surface area contributed by atoms with Gasteiger partial charge in [-0.05, 0) is 46.2 Å². The zero-order valence-electron chi connectivity index (χ0n) is 13.7. The van der Waals surface area contributed by atoms with Crippen LogP contribution < -0.4 is 5.32 Å². The highest BCUT2D eigenvalue weighted by molar-refractivity contribution is 5.74. The number of carboxylic acids is 1. The van der Waals surface area contributed by atoms with E-state index in [9.17, 15) is 9.59 Å². The molecule has 2 N–H and O–H groups in total. The fraction of sp³-hybridized carbons (Fsp3) is 0.867. The molecule has 1 atom stereocenters. The number of nitrogens with one attached hydrogen (secondary N) is 1. The van der Waals surface area contributed by atoms with E-state index in [2.05, 4.69) is 24.3 Å². The number of hydrogen-bond donors (Lipinski definition) is 2. The molecule has 0 saturated heterocycles. The quantitative estimate of drug-likeness (QED) is 0.668. The van der Waals surface area contributed by atoms with Gasteiger partial charge < -0.3 is 20.2 Å². The molecule has 1 aliphatic rings. The normalized spacial score (nSPS) is 18.0. The van der Waals surface area contributed by atoms with E-state index in [1.807, 2.05) is 7.05 Å². The highest BCUT2D eigenvalue weighted by Gasteiger charge is 2.40. The summed E-state index contributed by atoms with van der Waals surface area (Å²) in [5, 5.41) is 11.7. The van der Waals surface area contributed by atoms with Crippen molar-refractivity contribution in [1.29, 1.82) is 0 Å². The molecule has 6 heteroatoms.